The van der Waals surface area contributed by atoms with Crippen LogP contribution in [0.25, 0.3) is 22.4 Å². The minimum Gasteiger partial charge on any atom is -0.396 e. The fourth-order valence-corrected chi connectivity index (χ4v) is 5.65. The third-order valence-corrected chi connectivity index (χ3v) is 7.92. The van der Waals surface area contributed by atoms with Gasteiger partial charge < -0.3 is 25.4 Å². The fraction of sp³-hybridized carbons (Fsp3) is 0.419. The third-order valence-electron chi connectivity index (χ3n) is 7.92. The number of carbonyl (C=O) groups excluding carboxylic acids is 1. The van der Waals surface area contributed by atoms with Gasteiger partial charge in [-0.1, -0.05) is 30.3 Å². The number of aliphatic hydroxyl groups excluding tert-OH is 1. The molecule has 2 saturated heterocycles. The van der Waals surface area contributed by atoms with E-state index in [4.69, 9.17) is 24.9 Å². The molecular formula is C31H38N8O3. The summed E-state index contributed by atoms with van der Waals surface area (Å²) in [6.07, 6.45) is 4.46. The minimum absolute atomic E-state index is 0.0398. The normalized spacial score (nSPS) is 16.5. The number of aliphatic hydroxyl groups is 1. The molecule has 0 spiro atoms. The quantitative estimate of drug-likeness (QED) is 0.261. The summed E-state index contributed by atoms with van der Waals surface area (Å²) in [7, 11) is 0. The van der Waals surface area contributed by atoms with E-state index in [0.717, 1.165) is 68.0 Å². The maximum atomic E-state index is 12.1. The summed E-state index contributed by atoms with van der Waals surface area (Å²) in [5.74, 6) is 1.52. The van der Waals surface area contributed by atoms with E-state index < -0.39 is 0 Å². The predicted molar refractivity (Wildman–Crippen MR) is 163 cm³/mol. The number of anilines is 2. The Morgan fingerprint density at radius 3 is 2.48 bits per heavy atom. The van der Waals surface area contributed by atoms with Crippen molar-refractivity contribution in [3.8, 4) is 11.4 Å². The van der Waals surface area contributed by atoms with Gasteiger partial charge in [0.05, 0.1) is 30.8 Å². The number of carbonyl (C=O) groups is 1. The number of piperidine rings is 1. The van der Waals surface area contributed by atoms with Gasteiger partial charge in [-0.3, -0.25) is 4.90 Å². The van der Waals surface area contributed by atoms with Crippen molar-refractivity contribution in [1.82, 2.24) is 30.0 Å². The van der Waals surface area contributed by atoms with Crippen LogP contribution in [-0.2, 0) is 11.3 Å². The van der Waals surface area contributed by atoms with Crippen LogP contribution in [0, 0.1) is 0 Å². The largest absolute Gasteiger partial charge is 0.396 e. The first-order chi connectivity index (χ1) is 20.7. The molecule has 3 N–H and O–H groups in total. The van der Waals surface area contributed by atoms with Crippen LogP contribution in [0.5, 0.6) is 0 Å². The third kappa shape index (κ3) is 6.53. The standard InChI is InChI=1S/C31H38N8O3/c40-18-4-13-32-31(41)34-25-9-7-24(8-10-25)28-35-29(38-16-19-42-20-17-38)27-21-33-39(30(27)36-28)26-11-14-37(15-12-26)22-23-5-2-1-3-6-23/h1-3,5-10,21,26,40H,4,11-20,22H2,(H2,32,34,41). The van der Waals surface area contributed by atoms with Crippen LogP contribution in [0.15, 0.2) is 60.8 Å². The molecule has 2 aromatic heterocycles. The van der Waals surface area contributed by atoms with Gasteiger partial charge in [-0.2, -0.15) is 5.10 Å². The maximum Gasteiger partial charge on any atom is 0.319 e. The molecule has 2 aliphatic rings. The van der Waals surface area contributed by atoms with E-state index in [1.54, 1.807) is 0 Å². The molecule has 4 aromatic rings. The molecule has 2 amide bonds. The van der Waals surface area contributed by atoms with Gasteiger partial charge in [0.2, 0.25) is 0 Å². The molecule has 4 heterocycles. The first-order valence-electron chi connectivity index (χ1n) is 14.8. The number of benzene rings is 2. The summed E-state index contributed by atoms with van der Waals surface area (Å²) < 4.78 is 7.72. The number of nitrogens with zero attached hydrogens (tertiary/aromatic N) is 6. The van der Waals surface area contributed by atoms with Crippen molar-refractivity contribution >= 4 is 28.6 Å². The van der Waals surface area contributed by atoms with Crippen molar-refractivity contribution in [1.29, 1.82) is 0 Å². The summed E-state index contributed by atoms with van der Waals surface area (Å²) in [4.78, 5) is 27.0. The lowest BCUT2D eigenvalue weighted by molar-refractivity contribution is 0.122. The monoisotopic (exact) mass is 570 g/mol. The number of aromatic nitrogens is 4. The van der Waals surface area contributed by atoms with E-state index in [0.29, 0.717) is 37.7 Å². The molecule has 2 aromatic carbocycles. The highest BCUT2D eigenvalue weighted by molar-refractivity contribution is 5.90. The summed E-state index contributed by atoms with van der Waals surface area (Å²) >= 11 is 0. The number of fused-ring (bicyclic) bond motifs is 1. The molecule has 11 nitrogen and oxygen atoms in total. The first kappa shape index (κ1) is 28.1. The number of hydrogen-bond acceptors (Lipinski definition) is 8. The lowest BCUT2D eigenvalue weighted by Crippen LogP contribution is -2.37. The summed E-state index contributed by atoms with van der Waals surface area (Å²) in [5.41, 5.74) is 3.73. The second-order valence-electron chi connectivity index (χ2n) is 10.8. The SMILES string of the molecule is O=C(NCCCO)Nc1ccc(-c2nc(N3CCOCC3)c3cnn(C4CCN(Cc5ccccc5)CC4)c3n2)cc1. The second kappa shape index (κ2) is 13.3. The predicted octanol–water partition coefficient (Wildman–Crippen LogP) is 3.67. The van der Waals surface area contributed by atoms with Gasteiger partial charge in [-0.05, 0) is 49.1 Å². The van der Waals surface area contributed by atoms with Crippen LogP contribution in [0.1, 0.15) is 30.9 Å². The first-order valence-corrected chi connectivity index (χ1v) is 14.8. The van der Waals surface area contributed by atoms with Gasteiger partial charge in [-0.15, -0.1) is 0 Å². The Kier molecular flexibility index (Phi) is 8.88. The van der Waals surface area contributed by atoms with Crippen molar-refractivity contribution in [2.75, 3.05) is 62.8 Å². The summed E-state index contributed by atoms with van der Waals surface area (Å²) in [6, 6.07) is 18.2. The number of morpholine rings is 1. The number of rotatable bonds is 9. The number of ether oxygens (including phenoxy) is 1. The number of nitrogens with one attached hydrogen (secondary N) is 2. The zero-order valence-corrected chi connectivity index (χ0v) is 23.8. The molecule has 0 bridgehead atoms. The molecule has 0 atom stereocenters. The molecule has 6 rings (SSSR count). The topological polar surface area (TPSA) is 121 Å². The smallest absolute Gasteiger partial charge is 0.319 e. The Morgan fingerprint density at radius 2 is 1.74 bits per heavy atom. The van der Waals surface area contributed by atoms with Gasteiger partial charge in [0, 0.05) is 57.1 Å². The number of amides is 2. The lowest BCUT2D eigenvalue weighted by Gasteiger charge is -2.32. The van der Waals surface area contributed by atoms with Gasteiger partial charge >= 0.3 is 6.03 Å². The zero-order valence-electron chi connectivity index (χ0n) is 23.8. The van der Waals surface area contributed by atoms with Gasteiger partial charge in [0.1, 0.15) is 5.82 Å². The van der Waals surface area contributed by atoms with E-state index in [1.165, 1.54) is 5.56 Å². The highest BCUT2D eigenvalue weighted by Crippen LogP contribution is 2.32. The highest BCUT2D eigenvalue weighted by atomic mass is 16.5. The molecule has 42 heavy (non-hydrogen) atoms. The summed E-state index contributed by atoms with van der Waals surface area (Å²) in [6.45, 7) is 6.30. The average molecular weight is 571 g/mol. The van der Waals surface area contributed by atoms with Crippen molar-refractivity contribution in [2.24, 2.45) is 0 Å². The van der Waals surface area contributed by atoms with E-state index in [2.05, 4.69) is 55.4 Å². The van der Waals surface area contributed by atoms with Crippen molar-refractivity contribution in [2.45, 2.75) is 31.8 Å². The molecule has 0 unspecified atom stereocenters. The lowest BCUT2D eigenvalue weighted by atomic mass is 10.0. The van der Waals surface area contributed by atoms with Crippen molar-refractivity contribution < 1.29 is 14.6 Å². The minimum atomic E-state index is -0.304. The number of likely N-dealkylation sites (tertiary alicyclic amines) is 1. The molecular weight excluding hydrogens is 532 g/mol. The molecule has 0 radical (unpaired) electrons. The van der Waals surface area contributed by atoms with E-state index in [1.807, 2.05) is 30.5 Å². The Morgan fingerprint density at radius 1 is 0.976 bits per heavy atom. The molecule has 0 aliphatic carbocycles. The highest BCUT2D eigenvalue weighted by Gasteiger charge is 2.26. The Bertz CT molecular complexity index is 1460. The maximum absolute atomic E-state index is 12.1. The van der Waals surface area contributed by atoms with Crippen molar-refractivity contribution in [3.63, 3.8) is 0 Å². The van der Waals surface area contributed by atoms with E-state index in [-0.39, 0.29) is 18.7 Å². The molecule has 2 fully saturated rings. The zero-order chi connectivity index (χ0) is 28.7. The van der Waals surface area contributed by atoms with E-state index >= 15 is 0 Å². The Labute approximate surface area is 245 Å². The fourth-order valence-electron chi connectivity index (χ4n) is 5.65. The van der Waals surface area contributed by atoms with E-state index in [9.17, 15) is 4.79 Å². The average Bonchev–Trinajstić information content (AvgIpc) is 3.46. The number of urea groups is 1. The van der Waals surface area contributed by atoms with Crippen LogP contribution >= 0.6 is 0 Å². The summed E-state index contributed by atoms with van der Waals surface area (Å²) in [5, 5.41) is 20.3. The molecule has 0 saturated carbocycles. The van der Waals surface area contributed by atoms with Crippen LogP contribution in [-0.4, -0.2) is 88.3 Å². The van der Waals surface area contributed by atoms with Crippen LogP contribution in [0.2, 0.25) is 0 Å². The van der Waals surface area contributed by atoms with Gasteiger partial charge in [0.25, 0.3) is 0 Å². The number of hydrogen-bond donors (Lipinski definition) is 3. The molecule has 2 aliphatic heterocycles. The Balaban J connectivity index is 1.24. The second-order valence-corrected chi connectivity index (χ2v) is 10.8. The van der Waals surface area contributed by atoms with Gasteiger partial charge in [-0.25, -0.2) is 19.4 Å². The van der Waals surface area contributed by atoms with Gasteiger partial charge in [0.15, 0.2) is 11.5 Å². The Hall–Kier alpha value is -4.06. The molecule has 11 heteroatoms. The van der Waals surface area contributed by atoms with Crippen LogP contribution < -0.4 is 15.5 Å². The van der Waals surface area contributed by atoms with Crippen LogP contribution in [0.4, 0.5) is 16.3 Å². The van der Waals surface area contributed by atoms with Crippen molar-refractivity contribution in [3.05, 3.63) is 66.4 Å². The van der Waals surface area contributed by atoms with Crippen LogP contribution in [0.3, 0.4) is 0 Å². The molecule has 220 valence electrons.